The normalized spacial score (nSPS) is 11.7. The summed E-state index contributed by atoms with van der Waals surface area (Å²) in [5.74, 6) is -4.06. The first-order valence-electron chi connectivity index (χ1n) is 8.75. The van der Waals surface area contributed by atoms with E-state index in [9.17, 15) is 36.7 Å². The molecule has 0 aliphatic rings. The number of carboxylic acid groups (broad SMARTS) is 1. The molecule has 0 radical (unpaired) electrons. The summed E-state index contributed by atoms with van der Waals surface area (Å²) in [6.07, 6.45) is 0.809. The molecule has 0 saturated carbocycles. The standard InChI is InChI=1S/C14H18B4F2O9S/c15-1-5-8(9(12(22)23)11(18)6(2-16)10(5)17)13(24)28-3-7(21)29-4-14(19,20)30(25,26)27/h1-4,15-18H2,(H,22,23)(H,25,26,27). The number of hydrogen-bond acceptors (Lipinski definition) is 7. The van der Waals surface area contributed by atoms with Crippen LogP contribution in [-0.2, 0) is 37.0 Å². The summed E-state index contributed by atoms with van der Waals surface area (Å²) in [7, 11) is 0.993. The zero-order chi connectivity index (χ0) is 23.4. The Labute approximate surface area is 174 Å². The lowest BCUT2D eigenvalue weighted by Crippen LogP contribution is -2.37. The highest BCUT2D eigenvalue weighted by Gasteiger charge is 2.45. The van der Waals surface area contributed by atoms with Crippen molar-refractivity contribution in [1.29, 1.82) is 0 Å². The Hall–Kier alpha value is -2.34. The van der Waals surface area contributed by atoms with Gasteiger partial charge in [0.05, 0.1) is 11.1 Å². The fourth-order valence-corrected chi connectivity index (χ4v) is 3.29. The van der Waals surface area contributed by atoms with Gasteiger partial charge in [-0.25, -0.2) is 14.4 Å². The van der Waals surface area contributed by atoms with Crippen LogP contribution < -0.4 is 10.9 Å². The Morgan fingerprint density at radius 2 is 1.50 bits per heavy atom. The smallest absolute Gasteiger partial charge is 0.402 e. The molecular formula is C14H18B4F2O9S. The Morgan fingerprint density at radius 1 is 0.967 bits per heavy atom. The van der Waals surface area contributed by atoms with Crippen molar-refractivity contribution >= 4 is 70.3 Å². The number of halogens is 2. The molecule has 0 spiro atoms. The van der Waals surface area contributed by atoms with Crippen molar-refractivity contribution in [2.45, 2.75) is 17.9 Å². The first-order valence-corrected chi connectivity index (χ1v) is 10.2. The van der Waals surface area contributed by atoms with Crippen LogP contribution in [-0.4, -0.2) is 85.8 Å². The van der Waals surface area contributed by atoms with Crippen molar-refractivity contribution in [3.05, 3.63) is 22.3 Å². The molecule has 0 aliphatic carbocycles. The molecule has 0 aromatic heterocycles. The second-order valence-corrected chi connectivity index (χ2v) is 7.87. The number of ether oxygens (including phenoxy) is 2. The molecule has 160 valence electrons. The largest absolute Gasteiger partial charge is 0.478 e. The van der Waals surface area contributed by atoms with Gasteiger partial charge in [0, 0.05) is 0 Å². The highest BCUT2D eigenvalue weighted by molar-refractivity contribution is 7.86. The maximum Gasteiger partial charge on any atom is 0.402 e. The van der Waals surface area contributed by atoms with E-state index in [1.54, 1.807) is 15.7 Å². The summed E-state index contributed by atoms with van der Waals surface area (Å²) >= 11 is 0. The molecule has 2 N–H and O–H groups in total. The van der Waals surface area contributed by atoms with E-state index in [2.05, 4.69) is 4.74 Å². The van der Waals surface area contributed by atoms with E-state index in [1.165, 1.54) is 7.85 Å². The van der Waals surface area contributed by atoms with Gasteiger partial charge in [0.15, 0.2) is 13.2 Å². The van der Waals surface area contributed by atoms with Gasteiger partial charge in [0.1, 0.15) is 31.4 Å². The Morgan fingerprint density at radius 3 is 1.93 bits per heavy atom. The number of rotatable bonds is 9. The van der Waals surface area contributed by atoms with Gasteiger partial charge >= 0.3 is 33.3 Å². The number of hydrogen-bond donors (Lipinski definition) is 2. The lowest BCUT2D eigenvalue weighted by molar-refractivity contribution is -0.153. The molecule has 1 rings (SSSR count). The minimum Gasteiger partial charge on any atom is -0.478 e. The van der Waals surface area contributed by atoms with Crippen LogP contribution in [0.5, 0.6) is 0 Å². The lowest BCUT2D eigenvalue weighted by Gasteiger charge is -2.21. The second-order valence-electron chi connectivity index (χ2n) is 6.32. The topological polar surface area (TPSA) is 144 Å². The molecule has 30 heavy (non-hydrogen) atoms. The van der Waals surface area contributed by atoms with Crippen LogP contribution in [0.15, 0.2) is 0 Å². The number of aromatic carboxylic acids is 1. The highest BCUT2D eigenvalue weighted by Crippen LogP contribution is 2.21. The highest BCUT2D eigenvalue weighted by atomic mass is 32.2. The van der Waals surface area contributed by atoms with Crippen LogP contribution >= 0.6 is 0 Å². The Kier molecular flexibility index (Phi) is 8.26. The van der Waals surface area contributed by atoms with E-state index in [0.717, 1.165) is 5.56 Å². The Bertz CT molecular complexity index is 982. The van der Waals surface area contributed by atoms with E-state index in [0.29, 0.717) is 22.8 Å². The van der Waals surface area contributed by atoms with Crippen LogP contribution in [0.3, 0.4) is 0 Å². The maximum atomic E-state index is 13.1. The minimum atomic E-state index is -5.80. The van der Waals surface area contributed by atoms with Crippen LogP contribution in [0.2, 0.25) is 0 Å². The van der Waals surface area contributed by atoms with Gasteiger partial charge in [-0.05, 0) is 5.56 Å². The van der Waals surface area contributed by atoms with Crippen molar-refractivity contribution in [3.8, 4) is 0 Å². The van der Waals surface area contributed by atoms with Gasteiger partial charge in [-0.1, -0.05) is 29.1 Å². The number of carboxylic acids is 1. The fraction of sp³-hybridized carbons (Fsp3) is 0.357. The third-order valence-electron chi connectivity index (χ3n) is 4.51. The van der Waals surface area contributed by atoms with Gasteiger partial charge in [-0.2, -0.15) is 17.2 Å². The molecule has 1 aromatic rings. The number of carbonyl (C=O) groups is 3. The molecule has 16 heteroatoms. The van der Waals surface area contributed by atoms with Crippen molar-refractivity contribution in [1.82, 2.24) is 0 Å². The summed E-state index contributed by atoms with van der Waals surface area (Å²) in [5, 5.41) is 4.86. The minimum absolute atomic E-state index is 0.256. The molecule has 1 aromatic carbocycles. The number of esters is 2. The molecule has 0 heterocycles. The zero-order valence-corrected chi connectivity index (χ0v) is 17.6. The van der Waals surface area contributed by atoms with E-state index in [4.69, 9.17) is 9.29 Å². The molecule has 0 atom stereocenters. The first kappa shape index (κ1) is 25.7. The van der Waals surface area contributed by atoms with Crippen LogP contribution in [0.4, 0.5) is 8.78 Å². The molecular weight excluding hydrogens is 425 g/mol. The fourth-order valence-electron chi connectivity index (χ4n) is 3.08. The average molecular weight is 444 g/mol. The molecule has 0 amide bonds. The van der Waals surface area contributed by atoms with E-state index < -0.39 is 46.5 Å². The quantitative estimate of drug-likeness (QED) is 0.219. The predicted octanol–water partition coefficient (Wildman–Crippen LogP) is -4.65. The summed E-state index contributed by atoms with van der Waals surface area (Å²) < 4.78 is 64.2. The number of carbonyl (C=O) groups excluding carboxylic acids is 2. The number of benzene rings is 1. The van der Waals surface area contributed by atoms with Crippen molar-refractivity contribution in [2.75, 3.05) is 13.2 Å². The monoisotopic (exact) mass is 444 g/mol. The van der Waals surface area contributed by atoms with Gasteiger partial charge in [-0.15, -0.1) is 0 Å². The molecule has 0 fully saturated rings. The molecule has 0 unspecified atom stereocenters. The van der Waals surface area contributed by atoms with Gasteiger partial charge < -0.3 is 14.6 Å². The zero-order valence-electron chi connectivity index (χ0n) is 16.7. The van der Waals surface area contributed by atoms with Crippen LogP contribution in [0.1, 0.15) is 31.8 Å². The third kappa shape index (κ3) is 5.42. The maximum absolute atomic E-state index is 13.1. The molecule has 9 nitrogen and oxygen atoms in total. The molecule has 0 bridgehead atoms. The molecule has 0 aliphatic heterocycles. The van der Waals surface area contributed by atoms with Crippen molar-refractivity contribution < 1.29 is 50.7 Å². The Balaban J connectivity index is 3.13. The third-order valence-corrected chi connectivity index (χ3v) is 5.38. The van der Waals surface area contributed by atoms with Crippen LogP contribution in [0, 0.1) is 0 Å². The van der Waals surface area contributed by atoms with E-state index >= 15 is 0 Å². The lowest BCUT2D eigenvalue weighted by atomic mass is 9.68. The van der Waals surface area contributed by atoms with E-state index in [-0.39, 0.29) is 17.4 Å². The summed E-state index contributed by atoms with van der Waals surface area (Å²) in [5.41, 5.74) is 1.68. The van der Waals surface area contributed by atoms with Gasteiger partial charge in [0.2, 0.25) is 0 Å². The SMILES string of the molecule is BCc1c(B)c(CB)c(C(=O)OCC(=O)OCC(F)(F)S(=O)(=O)O)c(C(=O)O)c1B. The molecule has 0 saturated heterocycles. The number of alkyl halides is 2. The van der Waals surface area contributed by atoms with Gasteiger partial charge in [0.25, 0.3) is 0 Å². The van der Waals surface area contributed by atoms with Gasteiger partial charge in [-0.3, -0.25) is 4.55 Å². The van der Waals surface area contributed by atoms with Crippen molar-refractivity contribution in [2.24, 2.45) is 0 Å². The predicted molar refractivity (Wildman–Crippen MR) is 112 cm³/mol. The van der Waals surface area contributed by atoms with Crippen molar-refractivity contribution in [3.63, 3.8) is 0 Å². The van der Waals surface area contributed by atoms with Crippen LogP contribution in [0.25, 0.3) is 0 Å². The summed E-state index contributed by atoms with van der Waals surface area (Å²) in [4.78, 5) is 35.9. The average Bonchev–Trinajstić information content (AvgIpc) is 2.63. The first-order chi connectivity index (χ1) is 13.7. The second kappa shape index (κ2) is 9.65. The van der Waals surface area contributed by atoms with E-state index in [1.807, 2.05) is 7.85 Å². The summed E-state index contributed by atoms with van der Waals surface area (Å²) in [6.45, 7) is -3.15. The summed E-state index contributed by atoms with van der Waals surface area (Å²) in [6, 6.07) is 0.